The molecule has 6 heteroatoms. The van der Waals surface area contributed by atoms with Crippen molar-refractivity contribution in [2.45, 2.75) is 30.6 Å². The minimum atomic E-state index is -1.36. The summed E-state index contributed by atoms with van der Waals surface area (Å²) in [4.78, 5) is 0. The second kappa shape index (κ2) is 3.65. The molecule has 5 atom stereocenters. The number of hydrogen-bond donors (Lipinski definition) is 5. The van der Waals surface area contributed by atoms with Gasteiger partial charge < -0.3 is 30.9 Å². The lowest BCUT2D eigenvalue weighted by molar-refractivity contribution is -0.0722. The maximum Gasteiger partial charge on any atom is 0.131 e. The lowest BCUT2D eigenvalue weighted by Crippen LogP contribution is -2.43. The number of aliphatic hydroxyl groups excluding tert-OH is 4. The monoisotopic (exact) mass is 179 g/mol. The average molecular weight is 179 g/mol. The van der Waals surface area contributed by atoms with Crippen molar-refractivity contribution >= 4 is 0 Å². The zero-order valence-corrected chi connectivity index (χ0v) is 6.37. The highest BCUT2D eigenvalue weighted by molar-refractivity contribution is 4.92. The molecule has 0 aromatic rings. The van der Waals surface area contributed by atoms with Crippen LogP contribution in [-0.4, -0.2) is 57.7 Å². The van der Waals surface area contributed by atoms with E-state index < -0.39 is 37.3 Å². The predicted octanol–water partition coefficient (Wildman–Crippen LogP) is -3.25. The third-order valence-corrected chi connectivity index (χ3v) is 1.92. The van der Waals surface area contributed by atoms with Crippen LogP contribution in [0.3, 0.4) is 0 Å². The van der Waals surface area contributed by atoms with Gasteiger partial charge in [-0.1, -0.05) is 0 Å². The van der Waals surface area contributed by atoms with Gasteiger partial charge in [-0.3, -0.25) is 0 Å². The molecule has 0 aliphatic carbocycles. The van der Waals surface area contributed by atoms with E-state index in [9.17, 15) is 10.2 Å². The summed E-state index contributed by atoms with van der Waals surface area (Å²) in [6, 6.07) is 0. The first kappa shape index (κ1) is 9.85. The largest absolute Gasteiger partial charge is 0.394 e. The number of hydrogen-bond acceptors (Lipinski definition) is 6. The van der Waals surface area contributed by atoms with Gasteiger partial charge in [-0.25, -0.2) is 0 Å². The van der Waals surface area contributed by atoms with Crippen molar-refractivity contribution in [3.05, 3.63) is 0 Å². The molecule has 12 heavy (non-hydrogen) atoms. The molecular weight excluding hydrogens is 166 g/mol. The van der Waals surface area contributed by atoms with Crippen molar-refractivity contribution in [1.82, 2.24) is 0 Å². The number of aliphatic hydroxyl groups is 4. The molecule has 0 spiro atoms. The third-order valence-electron chi connectivity index (χ3n) is 1.92. The van der Waals surface area contributed by atoms with Gasteiger partial charge in [-0.2, -0.15) is 0 Å². The van der Waals surface area contributed by atoms with Gasteiger partial charge in [0.15, 0.2) is 0 Å². The van der Waals surface area contributed by atoms with E-state index in [0.29, 0.717) is 0 Å². The Labute approximate surface area is 69.2 Å². The van der Waals surface area contributed by atoms with E-state index in [4.69, 9.17) is 20.7 Å². The molecule has 0 bridgehead atoms. The normalized spacial score (nSPS) is 44.8. The summed E-state index contributed by atoms with van der Waals surface area (Å²) < 4.78 is 4.87. The van der Waals surface area contributed by atoms with Gasteiger partial charge in [0.1, 0.15) is 30.6 Å². The van der Waals surface area contributed by atoms with Crippen LogP contribution in [0.5, 0.6) is 0 Å². The number of rotatable bonds is 2. The summed E-state index contributed by atoms with van der Waals surface area (Å²) in [5, 5.41) is 35.9. The molecule has 1 saturated heterocycles. The van der Waals surface area contributed by atoms with Crippen LogP contribution in [0.2, 0.25) is 0 Å². The fraction of sp³-hybridized carbons (Fsp3) is 1.00. The van der Waals surface area contributed by atoms with Crippen molar-refractivity contribution < 1.29 is 25.2 Å². The molecule has 1 unspecified atom stereocenters. The molecule has 0 radical (unpaired) electrons. The summed E-state index contributed by atoms with van der Waals surface area (Å²) in [5.41, 5.74) is 5.05. The Balaban J connectivity index is 2.60. The topological polar surface area (TPSA) is 116 Å². The average Bonchev–Trinajstić information content (AvgIpc) is 2.30. The second-order valence-electron chi connectivity index (χ2n) is 2.79. The van der Waals surface area contributed by atoms with Crippen LogP contribution in [0.25, 0.3) is 0 Å². The smallest absolute Gasteiger partial charge is 0.131 e. The first-order valence-electron chi connectivity index (χ1n) is 3.64. The summed E-state index contributed by atoms with van der Waals surface area (Å²) in [6.45, 7) is -0.415. The molecule has 6 nitrogen and oxygen atoms in total. The number of nitrogens with two attached hydrogens (primary N) is 1. The molecule has 1 aliphatic heterocycles. The summed E-state index contributed by atoms with van der Waals surface area (Å²) in [5.74, 6) is 0. The van der Waals surface area contributed by atoms with Gasteiger partial charge >= 0.3 is 0 Å². The van der Waals surface area contributed by atoms with E-state index in [1.807, 2.05) is 0 Å². The highest BCUT2D eigenvalue weighted by Crippen LogP contribution is 2.21. The maximum atomic E-state index is 9.20. The van der Waals surface area contributed by atoms with E-state index in [-0.39, 0.29) is 0 Å². The van der Waals surface area contributed by atoms with Crippen LogP contribution in [0.15, 0.2) is 0 Å². The fourth-order valence-corrected chi connectivity index (χ4v) is 1.21. The Morgan fingerprint density at radius 3 is 2.17 bits per heavy atom. The molecule has 0 amide bonds. The van der Waals surface area contributed by atoms with Gasteiger partial charge in [0, 0.05) is 0 Å². The summed E-state index contributed by atoms with van der Waals surface area (Å²) in [6.07, 6.45) is -5.70. The second-order valence-corrected chi connectivity index (χ2v) is 2.79. The third kappa shape index (κ3) is 1.58. The molecule has 1 fully saturated rings. The molecule has 0 aromatic heterocycles. The zero-order chi connectivity index (χ0) is 9.30. The van der Waals surface area contributed by atoms with Crippen molar-refractivity contribution in [2.24, 2.45) is 5.73 Å². The van der Waals surface area contributed by atoms with Gasteiger partial charge in [0.2, 0.25) is 0 Å². The van der Waals surface area contributed by atoms with Crippen LogP contribution >= 0.6 is 0 Å². The van der Waals surface area contributed by atoms with Crippen LogP contribution in [0, 0.1) is 0 Å². The highest BCUT2D eigenvalue weighted by atomic mass is 16.6. The minimum Gasteiger partial charge on any atom is -0.394 e. The standard InChI is InChI=1S/C6H13NO5/c7-6(11)5-4(10)3(9)2(1-8)12-5/h2-6,8-11H,1,7H2/t2-,3-,4+,5+,6?/m1/s1. The van der Waals surface area contributed by atoms with Crippen LogP contribution < -0.4 is 5.73 Å². The lowest BCUT2D eigenvalue weighted by Gasteiger charge is -2.16. The van der Waals surface area contributed by atoms with Gasteiger partial charge in [0.05, 0.1) is 6.61 Å². The van der Waals surface area contributed by atoms with E-state index >= 15 is 0 Å². The van der Waals surface area contributed by atoms with Crippen LogP contribution in [0.4, 0.5) is 0 Å². The number of ether oxygens (including phenoxy) is 1. The van der Waals surface area contributed by atoms with Gasteiger partial charge in [0.25, 0.3) is 0 Å². The molecular formula is C6H13NO5. The van der Waals surface area contributed by atoms with E-state index in [1.165, 1.54) is 0 Å². The highest BCUT2D eigenvalue weighted by Gasteiger charge is 2.44. The molecule has 0 aromatic carbocycles. The van der Waals surface area contributed by atoms with Gasteiger partial charge in [-0.05, 0) is 0 Å². The maximum absolute atomic E-state index is 9.20. The Hall–Kier alpha value is -0.240. The Bertz CT molecular complexity index is 153. The molecule has 1 heterocycles. The summed E-state index contributed by atoms with van der Waals surface area (Å²) >= 11 is 0. The van der Waals surface area contributed by atoms with Crippen molar-refractivity contribution in [3.8, 4) is 0 Å². The first-order chi connectivity index (χ1) is 5.57. The van der Waals surface area contributed by atoms with E-state index in [2.05, 4.69) is 0 Å². The van der Waals surface area contributed by atoms with Crippen LogP contribution in [-0.2, 0) is 4.74 Å². The SMILES string of the molecule is NC(O)[C@H]1O[C@H](CO)[C@@H](O)[C@@H]1O. The fourth-order valence-electron chi connectivity index (χ4n) is 1.21. The lowest BCUT2D eigenvalue weighted by atomic mass is 10.1. The first-order valence-corrected chi connectivity index (χ1v) is 3.64. The Kier molecular flexibility index (Phi) is 2.99. The predicted molar refractivity (Wildman–Crippen MR) is 38.0 cm³/mol. The van der Waals surface area contributed by atoms with Gasteiger partial charge in [-0.15, -0.1) is 0 Å². The van der Waals surface area contributed by atoms with Crippen molar-refractivity contribution in [2.75, 3.05) is 6.61 Å². The quantitative estimate of drug-likeness (QED) is 0.284. The molecule has 1 rings (SSSR count). The van der Waals surface area contributed by atoms with Crippen LogP contribution in [0.1, 0.15) is 0 Å². The van der Waals surface area contributed by atoms with E-state index in [1.54, 1.807) is 0 Å². The Morgan fingerprint density at radius 1 is 1.33 bits per heavy atom. The van der Waals surface area contributed by atoms with Crippen molar-refractivity contribution in [1.29, 1.82) is 0 Å². The summed E-state index contributed by atoms with van der Waals surface area (Å²) in [7, 11) is 0. The minimum absolute atomic E-state index is 0.415. The molecule has 1 aliphatic rings. The molecule has 6 N–H and O–H groups in total. The zero-order valence-electron chi connectivity index (χ0n) is 6.37. The Morgan fingerprint density at radius 2 is 1.92 bits per heavy atom. The van der Waals surface area contributed by atoms with E-state index in [0.717, 1.165) is 0 Å². The molecule has 0 saturated carbocycles. The van der Waals surface area contributed by atoms with Crippen molar-refractivity contribution in [3.63, 3.8) is 0 Å². The molecule has 72 valence electrons.